The van der Waals surface area contributed by atoms with E-state index in [2.05, 4.69) is 15.0 Å². The summed E-state index contributed by atoms with van der Waals surface area (Å²) in [5, 5.41) is 18.1. The molecule has 18 heavy (non-hydrogen) atoms. The molecule has 0 atom stereocenters. The molecule has 0 aliphatic rings. The van der Waals surface area contributed by atoms with Crippen molar-refractivity contribution in [1.82, 2.24) is 15.0 Å². The van der Waals surface area contributed by atoms with Crippen LogP contribution in [-0.4, -0.2) is 31.1 Å². The average molecular weight is 249 g/mol. The zero-order valence-electron chi connectivity index (χ0n) is 9.30. The SMILES string of the molecule is O=C(O)Cc1c(O)nc(Cc2cc[nH]c2)[nH]c1=O. The molecule has 0 spiro atoms. The van der Waals surface area contributed by atoms with Crippen LogP contribution in [0.4, 0.5) is 0 Å². The van der Waals surface area contributed by atoms with Crippen LogP contribution in [0.2, 0.25) is 0 Å². The molecule has 7 nitrogen and oxygen atoms in total. The van der Waals surface area contributed by atoms with Gasteiger partial charge in [0.25, 0.3) is 5.56 Å². The van der Waals surface area contributed by atoms with Gasteiger partial charge >= 0.3 is 5.97 Å². The summed E-state index contributed by atoms with van der Waals surface area (Å²) in [6, 6.07) is 1.81. The maximum atomic E-state index is 11.6. The molecular formula is C11H11N3O4. The summed E-state index contributed by atoms with van der Waals surface area (Å²) >= 11 is 0. The Balaban J connectivity index is 2.30. The van der Waals surface area contributed by atoms with Crippen molar-refractivity contribution in [3.8, 4) is 5.88 Å². The number of aromatic amines is 2. The molecule has 0 radical (unpaired) electrons. The van der Waals surface area contributed by atoms with Gasteiger partial charge in [-0.15, -0.1) is 0 Å². The van der Waals surface area contributed by atoms with E-state index in [0.29, 0.717) is 6.42 Å². The summed E-state index contributed by atoms with van der Waals surface area (Å²) in [6.07, 6.45) is 3.26. The molecule has 0 saturated carbocycles. The van der Waals surface area contributed by atoms with Gasteiger partial charge in [-0.25, -0.2) is 0 Å². The second-order valence-corrected chi connectivity index (χ2v) is 3.78. The van der Waals surface area contributed by atoms with Crippen LogP contribution in [0.15, 0.2) is 23.3 Å². The van der Waals surface area contributed by atoms with Crippen LogP contribution < -0.4 is 5.56 Å². The summed E-state index contributed by atoms with van der Waals surface area (Å²) in [4.78, 5) is 31.2. The van der Waals surface area contributed by atoms with Crippen LogP contribution >= 0.6 is 0 Å². The van der Waals surface area contributed by atoms with E-state index >= 15 is 0 Å². The number of H-pyrrole nitrogens is 2. The van der Waals surface area contributed by atoms with Crippen LogP contribution in [0.3, 0.4) is 0 Å². The third-order valence-electron chi connectivity index (χ3n) is 2.40. The fraction of sp³-hybridized carbons (Fsp3) is 0.182. The minimum absolute atomic E-state index is 0.236. The molecule has 2 heterocycles. The molecule has 0 fully saturated rings. The van der Waals surface area contributed by atoms with Gasteiger partial charge in [-0.1, -0.05) is 0 Å². The monoisotopic (exact) mass is 249 g/mol. The fourth-order valence-corrected chi connectivity index (χ4v) is 1.59. The zero-order chi connectivity index (χ0) is 13.1. The molecule has 0 aliphatic heterocycles. The van der Waals surface area contributed by atoms with E-state index in [1.54, 1.807) is 12.4 Å². The Bertz CT molecular complexity index is 616. The molecule has 0 saturated heterocycles. The van der Waals surface area contributed by atoms with Gasteiger partial charge in [0.2, 0.25) is 5.88 Å². The standard InChI is InChI=1S/C11H11N3O4/c15-9(16)4-7-10(17)13-8(14-11(7)18)3-6-1-2-12-5-6/h1-2,5,12H,3-4H2,(H,15,16)(H2,13,14,17,18). The number of carboxylic acid groups (broad SMARTS) is 1. The lowest BCUT2D eigenvalue weighted by Gasteiger charge is -2.03. The number of hydrogen-bond acceptors (Lipinski definition) is 4. The second-order valence-electron chi connectivity index (χ2n) is 3.78. The molecule has 2 aromatic heterocycles. The highest BCUT2D eigenvalue weighted by Gasteiger charge is 2.14. The number of aliphatic carboxylic acids is 1. The first-order valence-corrected chi connectivity index (χ1v) is 5.20. The van der Waals surface area contributed by atoms with Gasteiger partial charge in [0.15, 0.2) is 0 Å². The van der Waals surface area contributed by atoms with Gasteiger partial charge < -0.3 is 20.2 Å². The highest BCUT2D eigenvalue weighted by atomic mass is 16.4. The van der Waals surface area contributed by atoms with E-state index in [-0.39, 0.29) is 11.4 Å². The third kappa shape index (κ3) is 2.57. The minimum Gasteiger partial charge on any atom is -0.493 e. The van der Waals surface area contributed by atoms with Crippen molar-refractivity contribution in [1.29, 1.82) is 0 Å². The van der Waals surface area contributed by atoms with Crippen molar-refractivity contribution < 1.29 is 15.0 Å². The summed E-state index contributed by atoms with van der Waals surface area (Å²) in [5.41, 5.74) is 0.0271. The molecular weight excluding hydrogens is 238 g/mol. The van der Waals surface area contributed by atoms with Crippen molar-refractivity contribution in [2.45, 2.75) is 12.8 Å². The maximum Gasteiger partial charge on any atom is 0.308 e. The highest BCUT2D eigenvalue weighted by Crippen LogP contribution is 2.11. The summed E-state index contributed by atoms with van der Waals surface area (Å²) in [6.45, 7) is 0. The van der Waals surface area contributed by atoms with Gasteiger partial charge in [-0.2, -0.15) is 4.98 Å². The number of carbonyl (C=O) groups is 1. The van der Waals surface area contributed by atoms with Crippen LogP contribution in [-0.2, 0) is 17.6 Å². The van der Waals surface area contributed by atoms with Crippen molar-refractivity contribution in [2.75, 3.05) is 0 Å². The normalized spacial score (nSPS) is 10.4. The van der Waals surface area contributed by atoms with Gasteiger partial charge in [0.1, 0.15) is 5.82 Å². The molecule has 0 bridgehead atoms. The van der Waals surface area contributed by atoms with Crippen molar-refractivity contribution in [3.05, 3.63) is 45.8 Å². The molecule has 94 valence electrons. The van der Waals surface area contributed by atoms with E-state index in [1.807, 2.05) is 6.07 Å². The molecule has 7 heteroatoms. The quantitative estimate of drug-likeness (QED) is 0.609. The van der Waals surface area contributed by atoms with E-state index in [1.165, 1.54) is 0 Å². The van der Waals surface area contributed by atoms with Gasteiger partial charge in [-0.05, 0) is 11.6 Å². The Morgan fingerprint density at radius 1 is 1.44 bits per heavy atom. The predicted octanol–water partition coefficient (Wildman–Crippen LogP) is 0.0215. The Morgan fingerprint density at radius 3 is 2.78 bits per heavy atom. The number of aromatic nitrogens is 3. The van der Waals surface area contributed by atoms with E-state index in [9.17, 15) is 14.7 Å². The Hall–Kier alpha value is -2.57. The first-order chi connectivity index (χ1) is 8.56. The fourth-order valence-electron chi connectivity index (χ4n) is 1.59. The lowest BCUT2D eigenvalue weighted by atomic mass is 10.2. The number of carboxylic acids is 1. The van der Waals surface area contributed by atoms with E-state index < -0.39 is 23.8 Å². The average Bonchev–Trinajstić information content (AvgIpc) is 2.76. The van der Waals surface area contributed by atoms with Crippen LogP contribution in [0.5, 0.6) is 5.88 Å². The number of aromatic hydroxyl groups is 1. The topological polar surface area (TPSA) is 119 Å². The largest absolute Gasteiger partial charge is 0.493 e. The van der Waals surface area contributed by atoms with Crippen molar-refractivity contribution in [3.63, 3.8) is 0 Å². The number of nitrogens with one attached hydrogen (secondary N) is 2. The van der Waals surface area contributed by atoms with Crippen molar-refractivity contribution >= 4 is 5.97 Å². The van der Waals surface area contributed by atoms with Gasteiger partial charge in [0.05, 0.1) is 12.0 Å². The van der Waals surface area contributed by atoms with Crippen LogP contribution in [0.25, 0.3) is 0 Å². The van der Waals surface area contributed by atoms with E-state index in [4.69, 9.17) is 5.11 Å². The van der Waals surface area contributed by atoms with Crippen LogP contribution in [0, 0.1) is 0 Å². The third-order valence-corrected chi connectivity index (χ3v) is 2.40. The van der Waals surface area contributed by atoms with E-state index in [0.717, 1.165) is 5.56 Å². The number of rotatable bonds is 4. The molecule has 4 N–H and O–H groups in total. The predicted molar refractivity (Wildman–Crippen MR) is 61.5 cm³/mol. The lowest BCUT2D eigenvalue weighted by molar-refractivity contribution is -0.136. The second kappa shape index (κ2) is 4.74. The molecule has 0 unspecified atom stereocenters. The molecule has 2 aromatic rings. The first kappa shape index (κ1) is 11.9. The molecule has 0 amide bonds. The first-order valence-electron chi connectivity index (χ1n) is 5.20. The van der Waals surface area contributed by atoms with Crippen LogP contribution in [0.1, 0.15) is 17.0 Å². The Labute approximate surface area is 101 Å². The summed E-state index contributed by atoms with van der Waals surface area (Å²) in [5.74, 6) is -1.45. The zero-order valence-corrected chi connectivity index (χ0v) is 9.30. The molecule has 2 rings (SSSR count). The van der Waals surface area contributed by atoms with Gasteiger partial charge in [-0.3, -0.25) is 9.59 Å². The Kier molecular flexibility index (Phi) is 3.13. The van der Waals surface area contributed by atoms with Crippen molar-refractivity contribution in [2.24, 2.45) is 0 Å². The molecule has 0 aromatic carbocycles. The minimum atomic E-state index is -1.20. The summed E-state index contributed by atoms with van der Waals surface area (Å²) < 4.78 is 0. The summed E-state index contributed by atoms with van der Waals surface area (Å²) in [7, 11) is 0. The smallest absolute Gasteiger partial charge is 0.308 e. The highest BCUT2D eigenvalue weighted by molar-refractivity contribution is 5.70. The number of hydrogen-bond donors (Lipinski definition) is 4. The lowest BCUT2D eigenvalue weighted by Crippen LogP contribution is -2.19. The number of nitrogens with zero attached hydrogens (tertiary/aromatic N) is 1. The Morgan fingerprint density at radius 2 is 2.22 bits per heavy atom. The maximum absolute atomic E-state index is 11.6. The van der Waals surface area contributed by atoms with Gasteiger partial charge in [0, 0.05) is 18.8 Å². The molecule has 0 aliphatic carbocycles.